The van der Waals surface area contributed by atoms with Crippen molar-refractivity contribution in [2.75, 3.05) is 27.1 Å². The first-order valence-corrected chi connectivity index (χ1v) is 3.68. The lowest BCUT2D eigenvalue weighted by atomic mass is 10.4. The Balaban J connectivity index is 3.33. The highest BCUT2D eigenvalue weighted by atomic mass is 16.7. The number of aliphatic hydroxyl groups is 1. The fraction of sp³-hybridized carbons (Fsp3) is 0.750. The average Bonchev–Trinajstić information content (AvgIpc) is 2.06. The minimum atomic E-state index is -0.813. The van der Waals surface area contributed by atoms with Crippen molar-refractivity contribution in [2.24, 2.45) is 0 Å². The molecule has 0 aromatic carbocycles. The molecule has 0 aliphatic carbocycles. The van der Waals surface area contributed by atoms with Crippen LogP contribution in [0.5, 0.6) is 0 Å². The molecule has 0 aromatic rings. The van der Waals surface area contributed by atoms with Gasteiger partial charge >= 0.3 is 0 Å². The topological polar surface area (TPSA) is 47.9 Å². The summed E-state index contributed by atoms with van der Waals surface area (Å²) in [5.41, 5.74) is 0. The second-order valence-corrected chi connectivity index (χ2v) is 1.97. The van der Waals surface area contributed by atoms with E-state index in [0.717, 1.165) is 0 Å². The van der Waals surface area contributed by atoms with Gasteiger partial charge in [0, 0.05) is 7.11 Å². The fourth-order valence-corrected chi connectivity index (χ4v) is 0.467. The van der Waals surface area contributed by atoms with Gasteiger partial charge in [-0.1, -0.05) is 0 Å². The lowest BCUT2D eigenvalue weighted by Crippen LogP contribution is -2.13. The number of ether oxygens (including phenoxy) is 3. The molecule has 4 heteroatoms. The van der Waals surface area contributed by atoms with E-state index >= 15 is 0 Å². The van der Waals surface area contributed by atoms with E-state index < -0.39 is 6.10 Å². The van der Waals surface area contributed by atoms with Crippen LogP contribution >= 0.6 is 0 Å². The van der Waals surface area contributed by atoms with Gasteiger partial charge in [0.2, 0.25) is 0 Å². The van der Waals surface area contributed by atoms with Crippen LogP contribution in [0.2, 0.25) is 0 Å². The molecule has 0 aliphatic heterocycles. The lowest BCUT2D eigenvalue weighted by Gasteiger charge is -2.03. The van der Waals surface area contributed by atoms with Crippen LogP contribution in [-0.4, -0.2) is 38.3 Å². The molecule has 1 atom stereocenters. The van der Waals surface area contributed by atoms with Crippen LogP contribution in [0.15, 0.2) is 0 Å². The second-order valence-electron chi connectivity index (χ2n) is 1.97. The monoisotopic (exact) mass is 174 g/mol. The van der Waals surface area contributed by atoms with Gasteiger partial charge in [-0.2, -0.15) is 0 Å². The highest BCUT2D eigenvalue weighted by Gasteiger charge is 1.97. The van der Waals surface area contributed by atoms with Crippen molar-refractivity contribution in [1.29, 1.82) is 0 Å². The third-order valence-corrected chi connectivity index (χ3v) is 0.919. The molecule has 0 saturated heterocycles. The van der Waals surface area contributed by atoms with E-state index in [1.807, 2.05) is 6.92 Å². The zero-order valence-corrected chi connectivity index (χ0v) is 7.37. The van der Waals surface area contributed by atoms with Gasteiger partial charge in [0.25, 0.3) is 0 Å². The van der Waals surface area contributed by atoms with E-state index in [4.69, 9.17) is 14.6 Å². The first kappa shape index (κ1) is 11.2. The zero-order valence-electron chi connectivity index (χ0n) is 7.37. The molecule has 0 aliphatic rings. The van der Waals surface area contributed by atoms with E-state index in [-0.39, 0.29) is 13.4 Å². The number of methoxy groups -OCH3 is 1. The van der Waals surface area contributed by atoms with Gasteiger partial charge in [-0.15, -0.1) is 0 Å². The molecule has 0 rings (SSSR count). The van der Waals surface area contributed by atoms with Gasteiger partial charge in [0.1, 0.15) is 19.0 Å². The summed E-state index contributed by atoms with van der Waals surface area (Å²) in [6, 6.07) is 0. The Labute approximate surface area is 72.4 Å². The summed E-state index contributed by atoms with van der Waals surface area (Å²) < 4.78 is 14.2. The van der Waals surface area contributed by atoms with Crippen molar-refractivity contribution in [3.05, 3.63) is 0 Å². The minimum Gasteiger partial charge on any atom is -0.447 e. The van der Waals surface area contributed by atoms with Crippen LogP contribution in [0.1, 0.15) is 6.92 Å². The van der Waals surface area contributed by atoms with Gasteiger partial charge < -0.3 is 19.3 Å². The van der Waals surface area contributed by atoms with Crippen LogP contribution < -0.4 is 0 Å². The normalized spacial score (nSPS) is 11.6. The summed E-state index contributed by atoms with van der Waals surface area (Å²) >= 11 is 0. The smallest absolute Gasteiger partial charge is 0.146 e. The van der Waals surface area contributed by atoms with E-state index in [9.17, 15) is 0 Å². The highest BCUT2D eigenvalue weighted by Crippen LogP contribution is 1.83. The summed E-state index contributed by atoms with van der Waals surface area (Å²) in [4.78, 5) is 0. The van der Waals surface area contributed by atoms with Gasteiger partial charge in [0.15, 0.2) is 0 Å². The van der Waals surface area contributed by atoms with Crippen molar-refractivity contribution >= 4 is 0 Å². The molecular weight excluding hydrogens is 160 g/mol. The van der Waals surface area contributed by atoms with Crippen LogP contribution in [0, 0.1) is 12.0 Å². The van der Waals surface area contributed by atoms with Crippen LogP contribution in [0.3, 0.4) is 0 Å². The standard InChI is InChI=1S/C8H14O4/c1-3-11-5-4-8(9)6-12-7-10-2/h8-9H,3,6-7H2,1-2H3. The molecule has 0 heterocycles. The van der Waals surface area contributed by atoms with Crippen molar-refractivity contribution < 1.29 is 19.3 Å². The van der Waals surface area contributed by atoms with E-state index in [2.05, 4.69) is 16.8 Å². The highest BCUT2D eigenvalue weighted by molar-refractivity contribution is 4.98. The van der Waals surface area contributed by atoms with Crippen LogP contribution in [0.4, 0.5) is 0 Å². The maximum Gasteiger partial charge on any atom is 0.146 e. The zero-order chi connectivity index (χ0) is 9.23. The Kier molecular flexibility index (Phi) is 7.81. The Morgan fingerprint density at radius 1 is 1.50 bits per heavy atom. The van der Waals surface area contributed by atoms with E-state index in [1.165, 1.54) is 7.11 Å². The number of rotatable bonds is 5. The fourth-order valence-electron chi connectivity index (χ4n) is 0.467. The predicted octanol–water partition coefficient (Wildman–Crippen LogP) is -0.0348. The minimum absolute atomic E-state index is 0.133. The molecule has 0 saturated carbocycles. The Bertz CT molecular complexity index is 147. The van der Waals surface area contributed by atoms with Crippen LogP contribution in [-0.2, 0) is 14.2 Å². The Hall–Kier alpha value is -0.760. The van der Waals surface area contributed by atoms with Gasteiger partial charge in [-0.25, -0.2) is 0 Å². The predicted molar refractivity (Wildman–Crippen MR) is 43.2 cm³/mol. The maximum absolute atomic E-state index is 9.07. The van der Waals surface area contributed by atoms with Gasteiger partial charge in [-0.3, -0.25) is 0 Å². The first-order chi connectivity index (χ1) is 5.81. The largest absolute Gasteiger partial charge is 0.447 e. The number of hydrogen-bond acceptors (Lipinski definition) is 4. The molecular formula is C8H14O4. The summed E-state index contributed by atoms with van der Waals surface area (Å²) in [5, 5.41) is 9.07. The summed E-state index contributed by atoms with van der Waals surface area (Å²) in [6.07, 6.45) is 1.53. The summed E-state index contributed by atoms with van der Waals surface area (Å²) in [7, 11) is 1.51. The molecule has 0 amide bonds. The molecule has 12 heavy (non-hydrogen) atoms. The molecule has 1 N–H and O–H groups in total. The SMILES string of the molecule is CCOC#CC(O)COCOC. The van der Waals surface area contributed by atoms with E-state index in [1.54, 1.807) is 0 Å². The third kappa shape index (κ3) is 7.35. The van der Waals surface area contributed by atoms with Crippen molar-refractivity contribution in [2.45, 2.75) is 13.0 Å². The number of aliphatic hydroxyl groups excluding tert-OH is 1. The molecule has 1 unspecified atom stereocenters. The third-order valence-electron chi connectivity index (χ3n) is 0.919. The van der Waals surface area contributed by atoms with Crippen molar-refractivity contribution in [1.82, 2.24) is 0 Å². The quantitative estimate of drug-likeness (QED) is 0.361. The molecule has 0 aromatic heterocycles. The maximum atomic E-state index is 9.07. The molecule has 0 fully saturated rings. The summed E-state index contributed by atoms with van der Waals surface area (Å²) in [6.45, 7) is 2.63. The molecule has 0 radical (unpaired) electrons. The van der Waals surface area contributed by atoms with Crippen LogP contribution in [0.25, 0.3) is 0 Å². The van der Waals surface area contributed by atoms with Crippen molar-refractivity contribution in [3.63, 3.8) is 0 Å². The lowest BCUT2D eigenvalue weighted by molar-refractivity contribution is -0.0514. The van der Waals surface area contributed by atoms with Gasteiger partial charge in [-0.05, 0) is 12.8 Å². The second kappa shape index (κ2) is 8.34. The Morgan fingerprint density at radius 2 is 2.25 bits per heavy atom. The Morgan fingerprint density at radius 3 is 2.83 bits per heavy atom. The van der Waals surface area contributed by atoms with E-state index in [0.29, 0.717) is 6.61 Å². The average molecular weight is 174 g/mol. The van der Waals surface area contributed by atoms with Crippen molar-refractivity contribution in [3.8, 4) is 12.0 Å². The molecule has 4 nitrogen and oxygen atoms in total. The molecule has 0 spiro atoms. The summed E-state index contributed by atoms with van der Waals surface area (Å²) in [5.74, 6) is 2.45. The first-order valence-electron chi connectivity index (χ1n) is 3.68. The van der Waals surface area contributed by atoms with Gasteiger partial charge in [0.05, 0.1) is 13.2 Å². The molecule has 0 bridgehead atoms. The molecule has 70 valence electrons. The number of hydrogen-bond donors (Lipinski definition) is 1.